The molecule has 1 fully saturated rings. The summed E-state index contributed by atoms with van der Waals surface area (Å²) in [5, 5.41) is 41.2. The number of carbonyl (C=O) groups is 2. The third kappa shape index (κ3) is 31.4. The molecule has 63 heavy (non-hydrogen) atoms. The lowest BCUT2D eigenvalue weighted by atomic mass is 9.85. The van der Waals surface area contributed by atoms with Gasteiger partial charge in [-0.05, 0) is 38.5 Å². The largest absolute Gasteiger partial charge is 0.472 e. The van der Waals surface area contributed by atoms with Gasteiger partial charge in [0.1, 0.15) is 43.2 Å². The molecule has 0 spiro atoms. The van der Waals surface area contributed by atoms with Crippen molar-refractivity contribution < 1.29 is 76.9 Å². The number of aliphatic hydroxyl groups excluding tert-OH is 4. The molecule has 0 bridgehead atoms. The molecule has 8 atom stereocenters. The van der Waals surface area contributed by atoms with E-state index in [2.05, 4.69) is 30.5 Å². The lowest BCUT2D eigenvalue weighted by Crippen LogP contribution is -2.64. The number of hydrogen-bond donors (Lipinski definition) is 7. The molecular weight excluding hydrogens is 858 g/mol. The predicted molar refractivity (Wildman–Crippen MR) is 241 cm³/mol. The van der Waals surface area contributed by atoms with Crippen LogP contribution in [-0.4, -0.2) is 103 Å². The van der Waals surface area contributed by atoms with Crippen molar-refractivity contribution in [3.8, 4) is 0 Å². The topological polar surface area (TPSA) is 256 Å². The maximum atomic E-state index is 13.0. The minimum absolute atomic E-state index is 0.0482. The van der Waals surface area contributed by atoms with Crippen molar-refractivity contribution in [3.05, 3.63) is 12.2 Å². The number of phosphoric ester groups is 2. The fraction of sp³-hybridized carbons (Fsp3) is 0.911. The molecule has 0 amide bonds. The molecule has 5 unspecified atom stereocenters. The Morgan fingerprint density at radius 1 is 0.492 bits per heavy atom. The van der Waals surface area contributed by atoms with Crippen molar-refractivity contribution in [2.75, 3.05) is 13.2 Å². The third-order valence-corrected chi connectivity index (χ3v) is 12.8. The fourth-order valence-electron chi connectivity index (χ4n) is 7.55. The molecule has 1 saturated carbocycles. The van der Waals surface area contributed by atoms with Crippen molar-refractivity contribution in [1.82, 2.24) is 0 Å². The van der Waals surface area contributed by atoms with E-state index in [0.29, 0.717) is 12.8 Å². The first kappa shape index (κ1) is 59.8. The van der Waals surface area contributed by atoms with Crippen LogP contribution in [0.5, 0.6) is 0 Å². The molecule has 18 heteroatoms. The molecule has 1 rings (SSSR count). The van der Waals surface area contributed by atoms with Crippen LogP contribution >= 0.6 is 15.6 Å². The second kappa shape index (κ2) is 36.8. The first-order valence-electron chi connectivity index (χ1n) is 24.2. The number of allylic oxidation sites excluding steroid dienone is 2. The minimum atomic E-state index is -5.36. The highest BCUT2D eigenvalue weighted by molar-refractivity contribution is 7.47. The van der Waals surface area contributed by atoms with Crippen molar-refractivity contribution in [2.24, 2.45) is 0 Å². The van der Waals surface area contributed by atoms with Gasteiger partial charge >= 0.3 is 27.6 Å². The van der Waals surface area contributed by atoms with E-state index in [1.165, 1.54) is 103 Å². The summed E-state index contributed by atoms with van der Waals surface area (Å²) in [4.78, 5) is 54.3. The van der Waals surface area contributed by atoms with Crippen LogP contribution in [0, 0.1) is 0 Å². The zero-order valence-electron chi connectivity index (χ0n) is 38.5. The van der Waals surface area contributed by atoms with Crippen LogP contribution in [0.25, 0.3) is 0 Å². The van der Waals surface area contributed by atoms with E-state index in [1.807, 2.05) is 0 Å². The summed E-state index contributed by atoms with van der Waals surface area (Å²) in [5.74, 6) is -1.20. The van der Waals surface area contributed by atoms with E-state index < -0.39 is 83.5 Å². The quantitative estimate of drug-likeness (QED) is 0.0130. The van der Waals surface area contributed by atoms with Gasteiger partial charge in [-0.1, -0.05) is 167 Å². The molecule has 372 valence electrons. The van der Waals surface area contributed by atoms with Crippen molar-refractivity contribution >= 4 is 27.6 Å². The van der Waals surface area contributed by atoms with Gasteiger partial charge in [0.25, 0.3) is 0 Å². The Morgan fingerprint density at radius 2 is 0.873 bits per heavy atom. The Morgan fingerprint density at radius 3 is 1.30 bits per heavy atom. The maximum Gasteiger partial charge on any atom is 0.472 e. The normalized spacial score (nSPS) is 22.0. The van der Waals surface area contributed by atoms with Crippen LogP contribution in [-0.2, 0) is 41.8 Å². The third-order valence-electron chi connectivity index (χ3n) is 11.3. The van der Waals surface area contributed by atoms with E-state index in [1.54, 1.807) is 0 Å². The number of esters is 2. The molecule has 7 N–H and O–H groups in total. The van der Waals surface area contributed by atoms with Gasteiger partial charge in [-0.25, -0.2) is 9.13 Å². The van der Waals surface area contributed by atoms with E-state index in [4.69, 9.17) is 18.5 Å². The summed E-state index contributed by atoms with van der Waals surface area (Å²) >= 11 is 0. The summed E-state index contributed by atoms with van der Waals surface area (Å²) in [6.07, 6.45) is 21.7. The number of unbranched alkanes of at least 4 members (excludes halogenated alkanes) is 25. The van der Waals surface area contributed by atoms with E-state index in [9.17, 15) is 53.8 Å². The smallest absolute Gasteiger partial charge is 0.462 e. The summed E-state index contributed by atoms with van der Waals surface area (Å²) in [5.41, 5.74) is 0. The molecule has 0 saturated heterocycles. The Balaban J connectivity index is 2.58. The highest BCUT2D eigenvalue weighted by atomic mass is 31.2. The molecule has 0 heterocycles. The van der Waals surface area contributed by atoms with Crippen molar-refractivity contribution in [2.45, 2.75) is 249 Å². The molecule has 0 aromatic carbocycles. The first-order chi connectivity index (χ1) is 30.1. The van der Waals surface area contributed by atoms with Crippen LogP contribution in [0.1, 0.15) is 206 Å². The number of aliphatic hydroxyl groups is 4. The minimum Gasteiger partial charge on any atom is -0.462 e. The van der Waals surface area contributed by atoms with Crippen molar-refractivity contribution in [3.63, 3.8) is 0 Å². The highest BCUT2D eigenvalue weighted by Gasteiger charge is 2.54. The van der Waals surface area contributed by atoms with E-state index >= 15 is 0 Å². The van der Waals surface area contributed by atoms with Crippen LogP contribution < -0.4 is 0 Å². The van der Waals surface area contributed by atoms with Gasteiger partial charge in [0, 0.05) is 12.8 Å². The van der Waals surface area contributed by atoms with Crippen molar-refractivity contribution in [1.29, 1.82) is 0 Å². The maximum absolute atomic E-state index is 13.0. The fourth-order valence-corrected chi connectivity index (χ4v) is 9.09. The summed E-state index contributed by atoms with van der Waals surface area (Å²) in [7, 11) is -10.7. The number of ether oxygens (including phenoxy) is 2. The van der Waals surface area contributed by atoms with E-state index in [0.717, 1.165) is 64.2 Å². The summed E-state index contributed by atoms with van der Waals surface area (Å²) < 4.78 is 49.4. The number of rotatable bonds is 41. The summed E-state index contributed by atoms with van der Waals surface area (Å²) in [6, 6.07) is 0. The SMILES string of the molecule is CCCCCCCC/C=C\CCCCCCCC(=O)OC[C@H](COP(=O)(O)O[C@H]1C(O)C(O)C(O)[C@@H](OP(=O)(O)O)C1O)OC(=O)CCCCCCCCCCCCCCCCC. The molecular formula is C45H86O16P2. The van der Waals surface area contributed by atoms with Gasteiger partial charge < -0.3 is 44.6 Å². The Hall–Kier alpha value is -1.26. The van der Waals surface area contributed by atoms with Crippen LogP contribution in [0.2, 0.25) is 0 Å². The molecule has 0 aromatic rings. The molecule has 0 aliphatic heterocycles. The standard InChI is InChI=1S/C45H86O16P2/c1-3-5-7-9-11-13-15-17-19-21-23-25-27-29-31-33-38(46)57-35-37(59-39(47)34-32-30-28-26-24-22-20-18-16-14-12-10-8-6-4-2)36-58-63(55,56)61-45-42(50)40(48)41(49)44(43(45)51)60-62(52,53)54/h17,19,37,40-45,48-51H,3-16,18,20-36H2,1-2H3,(H,55,56)(H2,52,53,54)/b19-17-/t37-,40?,41?,42?,43?,44-,45+/m1/s1. The van der Waals surface area contributed by atoms with Crippen LogP contribution in [0.3, 0.4) is 0 Å². The molecule has 1 aliphatic carbocycles. The monoisotopic (exact) mass is 945 g/mol. The van der Waals surface area contributed by atoms with Gasteiger partial charge in [-0.3, -0.25) is 23.2 Å². The highest BCUT2D eigenvalue weighted by Crippen LogP contribution is 2.49. The molecule has 0 radical (unpaired) electrons. The first-order valence-corrected chi connectivity index (χ1v) is 27.3. The zero-order valence-corrected chi connectivity index (χ0v) is 40.3. The van der Waals surface area contributed by atoms with Gasteiger partial charge in [0.05, 0.1) is 6.61 Å². The second-order valence-electron chi connectivity index (χ2n) is 17.2. The summed E-state index contributed by atoms with van der Waals surface area (Å²) in [6.45, 7) is 3.11. The number of phosphoric acid groups is 2. The van der Waals surface area contributed by atoms with Crippen LogP contribution in [0.4, 0.5) is 0 Å². The Kier molecular flexibility index (Phi) is 34.9. The number of carbonyl (C=O) groups excluding carboxylic acids is 2. The zero-order chi connectivity index (χ0) is 46.8. The van der Waals surface area contributed by atoms with Gasteiger partial charge in [-0.2, -0.15) is 0 Å². The van der Waals surface area contributed by atoms with Crippen LogP contribution in [0.15, 0.2) is 12.2 Å². The predicted octanol–water partition coefficient (Wildman–Crippen LogP) is 9.18. The van der Waals surface area contributed by atoms with Gasteiger partial charge in [0.15, 0.2) is 6.10 Å². The molecule has 16 nitrogen and oxygen atoms in total. The lowest BCUT2D eigenvalue weighted by molar-refractivity contribution is -0.216. The average molecular weight is 945 g/mol. The number of hydrogen-bond acceptors (Lipinski definition) is 13. The average Bonchev–Trinajstić information content (AvgIpc) is 3.23. The van der Waals surface area contributed by atoms with Gasteiger partial charge in [0.2, 0.25) is 0 Å². The van der Waals surface area contributed by atoms with Gasteiger partial charge in [-0.15, -0.1) is 0 Å². The lowest BCUT2D eigenvalue weighted by Gasteiger charge is -2.43. The molecule has 0 aromatic heterocycles. The molecule has 1 aliphatic rings. The Bertz CT molecular complexity index is 1280. The second-order valence-corrected chi connectivity index (χ2v) is 19.8. The Labute approximate surface area is 378 Å². The van der Waals surface area contributed by atoms with E-state index in [-0.39, 0.29) is 12.8 Å².